The maximum Gasteiger partial charge on any atom is 0.266 e. The minimum Gasteiger partial charge on any atom is -0.490 e. The molecule has 3 aromatic rings. The van der Waals surface area contributed by atoms with Gasteiger partial charge in [-0.2, -0.15) is 5.26 Å². The molecule has 0 saturated carbocycles. The quantitative estimate of drug-likeness (QED) is 0.274. The van der Waals surface area contributed by atoms with Gasteiger partial charge in [0, 0.05) is 21.4 Å². The summed E-state index contributed by atoms with van der Waals surface area (Å²) in [7, 11) is 0. The van der Waals surface area contributed by atoms with Crippen LogP contribution in [0, 0.1) is 11.3 Å². The van der Waals surface area contributed by atoms with E-state index >= 15 is 0 Å². The summed E-state index contributed by atoms with van der Waals surface area (Å²) in [6.45, 7) is 1.91. The van der Waals surface area contributed by atoms with Crippen molar-refractivity contribution in [1.29, 1.82) is 5.26 Å². The molecule has 2 amide bonds. The average Bonchev–Trinajstić information content (AvgIpc) is 2.83. The van der Waals surface area contributed by atoms with E-state index in [-0.39, 0.29) is 18.1 Å². The van der Waals surface area contributed by atoms with Gasteiger partial charge in [0.1, 0.15) is 11.6 Å². The van der Waals surface area contributed by atoms with E-state index in [1.54, 1.807) is 73.7 Å². The molecule has 178 valence electrons. The number of hydrogen-bond acceptors (Lipinski definition) is 5. The normalized spacial score (nSPS) is 10.7. The van der Waals surface area contributed by atoms with E-state index in [0.29, 0.717) is 45.1 Å². The highest BCUT2D eigenvalue weighted by Gasteiger charge is 2.13. The molecule has 0 radical (unpaired) electrons. The fourth-order valence-electron chi connectivity index (χ4n) is 2.96. The highest BCUT2D eigenvalue weighted by molar-refractivity contribution is 6.31. The lowest BCUT2D eigenvalue weighted by Gasteiger charge is -2.13. The Kier molecular flexibility index (Phi) is 9.13. The average molecular weight is 510 g/mol. The molecule has 0 unspecified atom stereocenters. The summed E-state index contributed by atoms with van der Waals surface area (Å²) in [5.74, 6) is -0.222. The van der Waals surface area contributed by atoms with Crippen LogP contribution in [0.3, 0.4) is 0 Å². The maximum absolute atomic E-state index is 12.5. The van der Waals surface area contributed by atoms with Crippen molar-refractivity contribution in [2.75, 3.05) is 23.8 Å². The third kappa shape index (κ3) is 7.78. The van der Waals surface area contributed by atoms with Gasteiger partial charge in [-0.15, -0.1) is 0 Å². The summed E-state index contributed by atoms with van der Waals surface area (Å²) in [4.78, 5) is 24.8. The van der Waals surface area contributed by atoms with Gasteiger partial charge in [-0.1, -0.05) is 35.3 Å². The predicted molar refractivity (Wildman–Crippen MR) is 137 cm³/mol. The molecule has 0 aliphatic rings. The van der Waals surface area contributed by atoms with Gasteiger partial charge in [-0.3, -0.25) is 9.59 Å². The summed E-state index contributed by atoms with van der Waals surface area (Å²) in [6, 6.07) is 20.1. The van der Waals surface area contributed by atoms with Gasteiger partial charge in [-0.05, 0) is 73.2 Å². The molecule has 3 aromatic carbocycles. The van der Waals surface area contributed by atoms with Crippen LogP contribution in [0.15, 0.2) is 72.3 Å². The van der Waals surface area contributed by atoms with Crippen molar-refractivity contribution >= 4 is 52.5 Å². The van der Waals surface area contributed by atoms with Gasteiger partial charge >= 0.3 is 0 Å². The number of nitrogens with zero attached hydrogens (tertiary/aromatic N) is 1. The minimum atomic E-state index is -0.577. The molecule has 0 bridgehead atoms. The Balaban J connectivity index is 1.70. The van der Waals surface area contributed by atoms with Crippen molar-refractivity contribution in [3.05, 3.63) is 87.9 Å². The van der Waals surface area contributed by atoms with E-state index in [1.807, 2.05) is 6.07 Å². The van der Waals surface area contributed by atoms with E-state index in [9.17, 15) is 14.9 Å². The molecule has 0 fully saturated rings. The summed E-state index contributed by atoms with van der Waals surface area (Å²) in [6.07, 6.45) is 1.43. The van der Waals surface area contributed by atoms with Gasteiger partial charge in [-0.25, -0.2) is 0 Å². The van der Waals surface area contributed by atoms with Crippen LogP contribution in [-0.2, 0) is 9.59 Å². The molecule has 2 N–H and O–H groups in total. The van der Waals surface area contributed by atoms with Crippen LogP contribution in [0.25, 0.3) is 6.08 Å². The Labute approximate surface area is 212 Å². The number of hydrogen-bond donors (Lipinski definition) is 2. The lowest BCUT2D eigenvalue weighted by Crippen LogP contribution is -2.20. The molecule has 0 saturated heterocycles. The lowest BCUT2D eigenvalue weighted by atomic mass is 10.1. The summed E-state index contributed by atoms with van der Waals surface area (Å²) >= 11 is 11.8. The number of rotatable bonds is 9. The highest BCUT2D eigenvalue weighted by atomic mass is 35.5. The second kappa shape index (κ2) is 12.5. The largest absolute Gasteiger partial charge is 0.490 e. The third-order valence-electron chi connectivity index (χ3n) is 4.51. The van der Waals surface area contributed by atoms with Crippen molar-refractivity contribution in [3.8, 4) is 17.6 Å². The smallest absolute Gasteiger partial charge is 0.266 e. The number of nitrogens with one attached hydrogen (secondary N) is 2. The van der Waals surface area contributed by atoms with Crippen LogP contribution in [0.1, 0.15) is 12.5 Å². The molecule has 35 heavy (non-hydrogen) atoms. The molecule has 7 nitrogen and oxygen atoms in total. The molecule has 3 rings (SSSR count). The van der Waals surface area contributed by atoms with Gasteiger partial charge in [0.15, 0.2) is 18.1 Å². The molecule has 0 aliphatic carbocycles. The molecule has 0 aliphatic heterocycles. The van der Waals surface area contributed by atoms with Crippen LogP contribution in [-0.4, -0.2) is 25.0 Å². The Hall–Kier alpha value is -3.99. The number of carbonyl (C=O) groups excluding carboxylic acids is 2. The van der Waals surface area contributed by atoms with Crippen molar-refractivity contribution in [3.63, 3.8) is 0 Å². The lowest BCUT2D eigenvalue weighted by molar-refractivity contribution is -0.118. The SMILES string of the molecule is CCOc1cc(/C=C(\C#N)C(=O)Nc2cccc(Cl)c2)ccc1OCC(=O)Nc1ccc(Cl)cc1. The number of nitriles is 1. The number of benzene rings is 3. The van der Waals surface area contributed by atoms with Crippen molar-refractivity contribution in [2.45, 2.75) is 6.92 Å². The molecule has 9 heteroatoms. The van der Waals surface area contributed by atoms with Crippen LogP contribution >= 0.6 is 23.2 Å². The number of ether oxygens (including phenoxy) is 2. The Morgan fingerprint density at radius 3 is 2.37 bits per heavy atom. The zero-order valence-electron chi connectivity index (χ0n) is 18.7. The second-order valence-electron chi connectivity index (χ2n) is 7.12. The van der Waals surface area contributed by atoms with Gasteiger partial charge in [0.25, 0.3) is 11.8 Å². The Morgan fingerprint density at radius 1 is 0.914 bits per heavy atom. The Bertz CT molecular complexity index is 1280. The third-order valence-corrected chi connectivity index (χ3v) is 5.00. The van der Waals surface area contributed by atoms with Gasteiger partial charge < -0.3 is 20.1 Å². The fourth-order valence-corrected chi connectivity index (χ4v) is 3.27. The van der Waals surface area contributed by atoms with Crippen LogP contribution < -0.4 is 20.1 Å². The number of anilines is 2. The standard InChI is InChI=1S/C26H21Cl2N3O4/c1-2-34-24-13-17(12-18(15-29)26(33)31-22-5-3-4-20(28)14-22)6-11-23(24)35-16-25(32)30-21-9-7-19(27)8-10-21/h3-14H,2,16H2,1H3,(H,30,32)(H,31,33)/b18-12+. The molecular formula is C26H21Cl2N3O4. The van der Waals surface area contributed by atoms with Crippen LogP contribution in [0.4, 0.5) is 11.4 Å². The molecule has 0 heterocycles. The van der Waals surface area contributed by atoms with E-state index in [4.69, 9.17) is 32.7 Å². The second-order valence-corrected chi connectivity index (χ2v) is 7.99. The first-order valence-electron chi connectivity index (χ1n) is 10.5. The zero-order chi connectivity index (χ0) is 25.2. The first-order chi connectivity index (χ1) is 16.9. The number of carbonyl (C=O) groups is 2. The first-order valence-corrected chi connectivity index (χ1v) is 11.3. The fraction of sp³-hybridized carbons (Fsp3) is 0.115. The van der Waals surface area contributed by atoms with Crippen molar-refractivity contribution in [2.24, 2.45) is 0 Å². The minimum absolute atomic E-state index is 0.108. The number of halogens is 2. The Morgan fingerprint density at radius 2 is 1.69 bits per heavy atom. The van der Waals surface area contributed by atoms with Crippen molar-refractivity contribution < 1.29 is 19.1 Å². The molecule has 0 spiro atoms. The summed E-state index contributed by atoms with van der Waals surface area (Å²) < 4.78 is 11.3. The number of amides is 2. The van der Waals surface area contributed by atoms with E-state index in [0.717, 1.165) is 0 Å². The highest BCUT2D eigenvalue weighted by Crippen LogP contribution is 2.29. The topological polar surface area (TPSA) is 100 Å². The molecular weight excluding hydrogens is 489 g/mol. The van der Waals surface area contributed by atoms with E-state index in [1.165, 1.54) is 6.08 Å². The summed E-state index contributed by atoms with van der Waals surface area (Å²) in [5, 5.41) is 15.9. The van der Waals surface area contributed by atoms with Crippen molar-refractivity contribution in [1.82, 2.24) is 0 Å². The molecule has 0 aromatic heterocycles. The van der Waals surface area contributed by atoms with Gasteiger partial charge in [0.2, 0.25) is 0 Å². The molecule has 0 atom stereocenters. The predicted octanol–water partition coefficient (Wildman–Crippen LogP) is 5.96. The van der Waals surface area contributed by atoms with E-state index in [2.05, 4.69) is 10.6 Å². The van der Waals surface area contributed by atoms with E-state index < -0.39 is 5.91 Å². The maximum atomic E-state index is 12.5. The van der Waals surface area contributed by atoms with Crippen LogP contribution in [0.5, 0.6) is 11.5 Å². The first kappa shape index (κ1) is 25.6. The van der Waals surface area contributed by atoms with Crippen LogP contribution in [0.2, 0.25) is 10.0 Å². The summed E-state index contributed by atoms with van der Waals surface area (Å²) in [5.41, 5.74) is 1.50. The monoisotopic (exact) mass is 509 g/mol. The van der Waals surface area contributed by atoms with Gasteiger partial charge in [0.05, 0.1) is 6.61 Å². The zero-order valence-corrected chi connectivity index (χ0v) is 20.2.